The van der Waals surface area contributed by atoms with Gasteiger partial charge in [0.05, 0.1) is 11.4 Å². The van der Waals surface area contributed by atoms with Crippen molar-refractivity contribution in [3.05, 3.63) is 77.1 Å². The molecule has 3 aromatic rings. The molecule has 0 aliphatic carbocycles. The van der Waals surface area contributed by atoms with Crippen LogP contribution in [0.15, 0.2) is 53.4 Å². The van der Waals surface area contributed by atoms with Crippen LogP contribution in [-0.4, -0.2) is 18.2 Å². The maximum atomic E-state index is 13.8. The summed E-state index contributed by atoms with van der Waals surface area (Å²) in [4.78, 5) is -0.593. The molecule has 0 amide bonds. The molecule has 0 unspecified atom stereocenters. The van der Waals surface area contributed by atoms with Gasteiger partial charge in [-0.1, -0.05) is 18.2 Å². The Morgan fingerprint density at radius 2 is 1.77 bits per heavy atom. The minimum Gasteiger partial charge on any atom is -0.238 e. The number of hydrogen-bond donors (Lipinski definition) is 1. The second-order valence-electron chi connectivity index (χ2n) is 5.80. The van der Waals surface area contributed by atoms with Crippen LogP contribution in [0.2, 0.25) is 0 Å². The number of nitrogens with one attached hydrogen (secondary N) is 1. The first-order valence-electron chi connectivity index (χ1n) is 7.85. The van der Waals surface area contributed by atoms with Crippen molar-refractivity contribution in [3.63, 3.8) is 0 Å². The largest absolute Gasteiger partial charge is 0.243 e. The van der Waals surface area contributed by atoms with Gasteiger partial charge in [-0.3, -0.25) is 0 Å². The van der Waals surface area contributed by atoms with Gasteiger partial charge in [-0.05, 0) is 38.1 Å². The second kappa shape index (κ2) is 6.97. The van der Waals surface area contributed by atoms with E-state index >= 15 is 0 Å². The zero-order valence-electron chi connectivity index (χ0n) is 14.2. The lowest BCUT2D eigenvalue weighted by Crippen LogP contribution is -2.24. The van der Waals surface area contributed by atoms with Gasteiger partial charge in [0.15, 0.2) is 0 Å². The second-order valence-corrected chi connectivity index (χ2v) is 7.53. The average Bonchev–Trinajstić information content (AvgIpc) is 2.88. The van der Waals surface area contributed by atoms with Crippen LogP contribution in [0.25, 0.3) is 5.69 Å². The van der Waals surface area contributed by atoms with Crippen molar-refractivity contribution in [2.75, 3.05) is 0 Å². The Kier molecular flexibility index (Phi) is 4.88. The number of benzene rings is 2. The minimum absolute atomic E-state index is 0.0519. The standard InChI is InChI=1S/C18H17F2N3O2S/c1-12-16(13(2)23(22-12)15-6-4-3-5-7-15)11-21-26(24,25)18-9-8-14(19)10-17(18)20/h3-10,21H,11H2,1-2H3. The van der Waals surface area contributed by atoms with E-state index in [4.69, 9.17) is 0 Å². The molecule has 136 valence electrons. The third-order valence-corrected chi connectivity index (χ3v) is 5.50. The molecule has 0 saturated heterocycles. The Morgan fingerprint density at radius 1 is 1.08 bits per heavy atom. The zero-order valence-corrected chi connectivity index (χ0v) is 15.0. The highest BCUT2D eigenvalue weighted by Gasteiger charge is 2.21. The highest BCUT2D eigenvalue weighted by Crippen LogP contribution is 2.20. The van der Waals surface area contributed by atoms with Gasteiger partial charge in [0.1, 0.15) is 16.5 Å². The lowest BCUT2D eigenvalue weighted by Gasteiger charge is -2.09. The molecule has 26 heavy (non-hydrogen) atoms. The van der Waals surface area contributed by atoms with E-state index in [-0.39, 0.29) is 6.54 Å². The summed E-state index contributed by atoms with van der Waals surface area (Å²) in [7, 11) is -4.12. The predicted molar refractivity (Wildman–Crippen MR) is 93.4 cm³/mol. The van der Waals surface area contributed by atoms with Gasteiger partial charge in [-0.2, -0.15) is 5.10 Å². The van der Waals surface area contributed by atoms with Gasteiger partial charge in [0.25, 0.3) is 0 Å². The predicted octanol–water partition coefficient (Wildman–Crippen LogP) is 3.25. The van der Waals surface area contributed by atoms with Gasteiger partial charge in [-0.25, -0.2) is 26.6 Å². The van der Waals surface area contributed by atoms with E-state index in [9.17, 15) is 17.2 Å². The first kappa shape index (κ1) is 18.2. The Bertz CT molecular complexity index is 1050. The number of sulfonamides is 1. The van der Waals surface area contributed by atoms with E-state index in [0.717, 1.165) is 23.5 Å². The number of aromatic nitrogens is 2. The molecule has 0 spiro atoms. The fraction of sp³-hybridized carbons (Fsp3) is 0.167. The summed E-state index contributed by atoms with van der Waals surface area (Å²) < 4.78 is 55.5. The minimum atomic E-state index is -4.12. The summed E-state index contributed by atoms with van der Waals surface area (Å²) in [6.07, 6.45) is 0. The van der Waals surface area contributed by atoms with Crippen molar-refractivity contribution in [1.82, 2.24) is 14.5 Å². The lowest BCUT2D eigenvalue weighted by atomic mass is 10.2. The number of nitrogens with zero attached hydrogens (tertiary/aromatic N) is 2. The Labute approximate surface area is 150 Å². The van der Waals surface area contributed by atoms with Gasteiger partial charge in [0.2, 0.25) is 10.0 Å². The van der Waals surface area contributed by atoms with E-state index < -0.39 is 26.6 Å². The number of aryl methyl sites for hydroxylation is 1. The van der Waals surface area contributed by atoms with Crippen molar-refractivity contribution in [2.24, 2.45) is 0 Å². The van der Waals surface area contributed by atoms with Gasteiger partial charge < -0.3 is 0 Å². The summed E-state index contributed by atoms with van der Waals surface area (Å²) in [5, 5.41) is 4.44. The SMILES string of the molecule is Cc1nn(-c2ccccc2)c(C)c1CNS(=O)(=O)c1ccc(F)cc1F. The Balaban J connectivity index is 1.87. The molecule has 3 rings (SSSR count). The molecule has 2 aromatic carbocycles. The van der Waals surface area contributed by atoms with Crippen molar-refractivity contribution in [2.45, 2.75) is 25.3 Å². The van der Waals surface area contributed by atoms with E-state index in [0.29, 0.717) is 17.3 Å². The van der Waals surface area contributed by atoms with Crippen LogP contribution in [0.1, 0.15) is 17.0 Å². The number of hydrogen-bond acceptors (Lipinski definition) is 3. The summed E-state index contributed by atoms with van der Waals surface area (Å²) in [5.74, 6) is -1.97. The smallest absolute Gasteiger partial charge is 0.238 e. The van der Waals surface area contributed by atoms with E-state index in [1.807, 2.05) is 37.3 Å². The van der Waals surface area contributed by atoms with E-state index in [1.54, 1.807) is 11.6 Å². The van der Waals surface area contributed by atoms with Gasteiger partial charge in [0, 0.05) is 23.9 Å². The molecule has 0 atom stereocenters. The maximum absolute atomic E-state index is 13.8. The maximum Gasteiger partial charge on any atom is 0.243 e. The molecule has 0 aliphatic rings. The highest BCUT2D eigenvalue weighted by atomic mass is 32.2. The lowest BCUT2D eigenvalue weighted by molar-refractivity contribution is 0.543. The van der Waals surface area contributed by atoms with Crippen molar-refractivity contribution in [1.29, 1.82) is 0 Å². The quantitative estimate of drug-likeness (QED) is 0.742. The van der Waals surface area contributed by atoms with Gasteiger partial charge >= 0.3 is 0 Å². The Morgan fingerprint density at radius 3 is 2.42 bits per heavy atom. The molecule has 0 bridgehead atoms. The molecular weight excluding hydrogens is 360 g/mol. The molecule has 1 N–H and O–H groups in total. The third-order valence-electron chi connectivity index (χ3n) is 4.06. The third kappa shape index (κ3) is 3.51. The van der Waals surface area contributed by atoms with Crippen LogP contribution < -0.4 is 4.72 Å². The van der Waals surface area contributed by atoms with Crippen LogP contribution in [-0.2, 0) is 16.6 Å². The fourth-order valence-electron chi connectivity index (χ4n) is 2.69. The number of halogens is 2. The fourth-order valence-corrected chi connectivity index (χ4v) is 3.74. The number of para-hydroxylation sites is 1. The summed E-state index contributed by atoms with van der Waals surface area (Å²) >= 11 is 0. The molecule has 0 aliphatic heterocycles. The van der Waals surface area contributed by atoms with Crippen molar-refractivity contribution in [3.8, 4) is 5.69 Å². The van der Waals surface area contributed by atoms with Crippen molar-refractivity contribution < 1.29 is 17.2 Å². The molecule has 8 heteroatoms. The summed E-state index contributed by atoms with van der Waals surface area (Å²) in [6, 6.07) is 11.8. The van der Waals surface area contributed by atoms with Crippen LogP contribution in [0.4, 0.5) is 8.78 Å². The molecule has 5 nitrogen and oxygen atoms in total. The molecular formula is C18H17F2N3O2S. The zero-order chi connectivity index (χ0) is 18.9. The van der Waals surface area contributed by atoms with Crippen molar-refractivity contribution >= 4 is 10.0 Å². The number of rotatable bonds is 5. The summed E-state index contributed by atoms with van der Waals surface area (Å²) in [6.45, 7) is 3.55. The first-order valence-corrected chi connectivity index (χ1v) is 9.33. The molecule has 0 saturated carbocycles. The van der Waals surface area contributed by atoms with Gasteiger partial charge in [-0.15, -0.1) is 0 Å². The monoisotopic (exact) mass is 377 g/mol. The molecule has 1 heterocycles. The molecule has 0 fully saturated rings. The Hall–Kier alpha value is -2.58. The van der Waals surface area contributed by atoms with Crippen LogP contribution in [0.3, 0.4) is 0 Å². The van der Waals surface area contributed by atoms with Crippen LogP contribution >= 0.6 is 0 Å². The molecule has 0 radical (unpaired) electrons. The van der Waals surface area contributed by atoms with Crippen LogP contribution in [0, 0.1) is 25.5 Å². The first-order chi connectivity index (χ1) is 12.3. The normalized spacial score (nSPS) is 11.7. The average molecular weight is 377 g/mol. The highest BCUT2D eigenvalue weighted by molar-refractivity contribution is 7.89. The molecule has 1 aromatic heterocycles. The van der Waals surface area contributed by atoms with E-state index in [1.165, 1.54) is 0 Å². The van der Waals surface area contributed by atoms with E-state index in [2.05, 4.69) is 9.82 Å². The summed E-state index contributed by atoms with van der Waals surface area (Å²) in [5.41, 5.74) is 2.98. The van der Waals surface area contributed by atoms with Crippen LogP contribution in [0.5, 0.6) is 0 Å². The topological polar surface area (TPSA) is 64.0 Å².